The highest BCUT2D eigenvalue weighted by atomic mass is 32.1. The molecule has 1 aromatic heterocycles. The molecule has 0 amide bonds. The SMILES string of the molecule is CCC(=Cc1sc2ccc(C)cc2[n+]1CCO)CCO. The van der Waals surface area contributed by atoms with Crippen LogP contribution in [0.15, 0.2) is 23.8 Å². The predicted molar refractivity (Wildman–Crippen MR) is 83.8 cm³/mol. The Hall–Kier alpha value is -1.23. The Morgan fingerprint density at radius 2 is 2.10 bits per heavy atom. The molecule has 0 radical (unpaired) electrons. The summed E-state index contributed by atoms with van der Waals surface area (Å²) in [5.41, 5.74) is 3.64. The lowest BCUT2D eigenvalue weighted by Gasteiger charge is -2.00. The first kappa shape index (κ1) is 15.2. The number of hydrogen-bond donors (Lipinski definition) is 2. The van der Waals surface area contributed by atoms with Gasteiger partial charge in [0, 0.05) is 18.7 Å². The predicted octanol–water partition coefficient (Wildman–Crippen LogP) is 2.67. The molecule has 0 fully saturated rings. The van der Waals surface area contributed by atoms with Gasteiger partial charge in [0.15, 0.2) is 6.54 Å². The molecule has 3 nitrogen and oxygen atoms in total. The third-order valence-corrected chi connectivity index (χ3v) is 4.54. The first-order valence-electron chi connectivity index (χ1n) is 7.03. The smallest absolute Gasteiger partial charge is 0.262 e. The molecule has 0 saturated heterocycles. The summed E-state index contributed by atoms with van der Waals surface area (Å²) in [7, 11) is 0. The van der Waals surface area contributed by atoms with E-state index >= 15 is 0 Å². The summed E-state index contributed by atoms with van der Waals surface area (Å²) in [4.78, 5) is 0. The van der Waals surface area contributed by atoms with Crippen molar-refractivity contribution in [2.24, 2.45) is 0 Å². The standard InChI is InChI=1S/C16H22NO2S/c1-3-13(6-8-18)11-16-17(7-9-19)14-10-12(2)4-5-15(14)20-16/h4-5,10-11,18-19H,3,6-9H2,1-2H3/q+1. The average molecular weight is 292 g/mol. The zero-order chi connectivity index (χ0) is 14.5. The number of rotatable bonds is 6. The summed E-state index contributed by atoms with van der Waals surface area (Å²) in [5, 5.41) is 19.6. The fraction of sp³-hybridized carbons (Fsp3) is 0.438. The van der Waals surface area contributed by atoms with Crippen LogP contribution in [0.5, 0.6) is 0 Å². The number of benzene rings is 1. The molecular formula is C16H22NO2S+. The van der Waals surface area contributed by atoms with Crippen molar-refractivity contribution in [3.63, 3.8) is 0 Å². The van der Waals surface area contributed by atoms with Crippen LogP contribution in [-0.2, 0) is 6.54 Å². The Bertz CT molecular complexity index is 616. The van der Waals surface area contributed by atoms with Crippen molar-refractivity contribution >= 4 is 27.6 Å². The Morgan fingerprint density at radius 1 is 1.30 bits per heavy atom. The number of aryl methyl sites for hydroxylation is 1. The van der Waals surface area contributed by atoms with Crippen LogP contribution in [0.3, 0.4) is 0 Å². The zero-order valence-corrected chi connectivity index (χ0v) is 12.9. The molecule has 2 rings (SSSR count). The minimum atomic E-state index is 0.132. The number of aliphatic hydroxyl groups is 2. The van der Waals surface area contributed by atoms with Crippen molar-refractivity contribution in [2.75, 3.05) is 13.2 Å². The summed E-state index contributed by atoms with van der Waals surface area (Å²) in [5.74, 6) is 0. The Balaban J connectivity index is 2.53. The number of aliphatic hydroxyl groups excluding tert-OH is 2. The van der Waals surface area contributed by atoms with Gasteiger partial charge in [-0.25, -0.2) is 0 Å². The fourth-order valence-corrected chi connectivity index (χ4v) is 3.48. The van der Waals surface area contributed by atoms with Gasteiger partial charge < -0.3 is 10.2 Å². The average Bonchev–Trinajstić information content (AvgIpc) is 2.76. The molecule has 1 heterocycles. The first-order chi connectivity index (χ1) is 9.69. The van der Waals surface area contributed by atoms with Crippen LogP contribution in [0, 0.1) is 6.92 Å². The highest BCUT2D eigenvalue weighted by Gasteiger charge is 2.18. The molecule has 0 spiro atoms. The Labute approximate surface area is 123 Å². The quantitative estimate of drug-likeness (QED) is 0.804. The Kier molecular flexibility index (Phi) is 5.29. The molecule has 2 N–H and O–H groups in total. The van der Waals surface area contributed by atoms with Gasteiger partial charge in [0.25, 0.3) is 5.01 Å². The van der Waals surface area contributed by atoms with Crippen molar-refractivity contribution in [3.8, 4) is 0 Å². The van der Waals surface area contributed by atoms with Gasteiger partial charge in [0.05, 0.1) is 0 Å². The molecule has 0 aliphatic rings. The minimum Gasteiger partial charge on any atom is -0.396 e. The van der Waals surface area contributed by atoms with Gasteiger partial charge in [-0.15, -0.1) is 0 Å². The van der Waals surface area contributed by atoms with Gasteiger partial charge in [-0.2, -0.15) is 4.57 Å². The number of fused-ring (bicyclic) bond motifs is 1. The zero-order valence-electron chi connectivity index (χ0n) is 12.1. The molecule has 0 aliphatic heterocycles. The minimum absolute atomic E-state index is 0.132. The van der Waals surface area contributed by atoms with Gasteiger partial charge >= 0.3 is 0 Å². The number of aromatic nitrogens is 1. The second kappa shape index (κ2) is 6.97. The summed E-state index contributed by atoms with van der Waals surface area (Å²) in [6.45, 7) is 5.11. The number of hydrogen-bond acceptors (Lipinski definition) is 3. The van der Waals surface area contributed by atoms with E-state index in [0.29, 0.717) is 13.0 Å². The van der Waals surface area contributed by atoms with Crippen molar-refractivity contribution in [3.05, 3.63) is 34.3 Å². The van der Waals surface area contributed by atoms with Crippen LogP contribution >= 0.6 is 11.3 Å². The summed E-state index contributed by atoms with van der Waals surface area (Å²) >= 11 is 1.74. The van der Waals surface area contributed by atoms with Crippen LogP contribution in [0.1, 0.15) is 30.3 Å². The molecule has 0 bridgehead atoms. The maximum absolute atomic E-state index is 9.31. The van der Waals surface area contributed by atoms with Crippen molar-refractivity contribution < 1.29 is 14.8 Å². The van der Waals surface area contributed by atoms with E-state index in [2.05, 4.69) is 42.7 Å². The molecule has 108 valence electrons. The van der Waals surface area contributed by atoms with E-state index < -0.39 is 0 Å². The van der Waals surface area contributed by atoms with Gasteiger partial charge in [-0.1, -0.05) is 29.9 Å². The third kappa shape index (κ3) is 3.26. The molecule has 0 aliphatic carbocycles. The largest absolute Gasteiger partial charge is 0.396 e. The fourth-order valence-electron chi connectivity index (χ4n) is 2.32. The molecule has 0 unspecified atom stereocenters. The molecule has 0 saturated carbocycles. The summed E-state index contributed by atoms with van der Waals surface area (Å²) in [6.07, 6.45) is 3.81. The van der Waals surface area contributed by atoms with Crippen LogP contribution in [0.4, 0.5) is 0 Å². The lowest BCUT2D eigenvalue weighted by atomic mass is 10.1. The van der Waals surface area contributed by atoms with E-state index in [1.165, 1.54) is 21.4 Å². The van der Waals surface area contributed by atoms with E-state index in [9.17, 15) is 5.11 Å². The highest BCUT2D eigenvalue weighted by molar-refractivity contribution is 7.18. The van der Waals surface area contributed by atoms with Gasteiger partial charge in [-0.3, -0.25) is 0 Å². The Morgan fingerprint density at radius 3 is 2.75 bits per heavy atom. The topological polar surface area (TPSA) is 44.3 Å². The van der Waals surface area contributed by atoms with Gasteiger partial charge in [0.1, 0.15) is 11.3 Å². The maximum Gasteiger partial charge on any atom is 0.262 e. The van der Waals surface area contributed by atoms with Crippen LogP contribution < -0.4 is 4.57 Å². The second-order valence-electron chi connectivity index (χ2n) is 4.92. The molecular weight excluding hydrogens is 270 g/mol. The molecule has 20 heavy (non-hydrogen) atoms. The normalized spacial score (nSPS) is 12.3. The van der Waals surface area contributed by atoms with Crippen molar-refractivity contribution in [2.45, 2.75) is 33.2 Å². The first-order valence-corrected chi connectivity index (χ1v) is 7.85. The lowest BCUT2D eigenvalue weighted by molar-refractivity contribution is -0.670. The van der Waals surface area contributed by atoms with Crippen molar-refractivity contribution in [1.29, 1.82) is 0 Å². The molecule has 0 atom stereocenters. The van der Waals surface area contributed by atoms with E-state index in [0.717, 1.165) is 11.4 Å². The van der Waals surface area contributed by atoms with Gasteiger partial charge in [-0.05, 0) is 31.4 Å². The molecule has 4 heteroatoms. The highest BCUT2D eigenvalue weighted by Crippen LogP contribution is 2.24. The lowest BCUT2D eigenvalue weighted by Crippen LogP contribution is -2.36. The van der Waals surface area contributed by atoms with Crippen LogP contribution in [-0.4, -0.2) is 23.4 Å². The van der Waals surface area contributed by atoms with E-state index in [4.69, 9.17) is 5.11 Å². The third-order valence-electron chi connectivity index (χ3n) is 3.42. The molecule has 1 aromatic carbocycles. The monoisotopic (exact) mass is 292 g/mol. The van der Waals surface area contributed by atoms with Gasteiger partial charge in [0.2, 0.25) is 5.52 Å². The summed E-state index contributed by atoms with van der Waals surface area (Å²) < 4.78 is 3.40. The number of nitrogens with zero attached hydrogens (tertiary/aromatic N) is 1. The van der Waals surface area contributed by atoms with Crippen LogP contribution in [0.2, 0.25) is 0 Å². The van der Waals surface area contributed by atoms with E-state index in [1.54, 1.807) is 11.3 Å². The second-order valence-corrected chi connectivity index (χ2v) is 5.98. The molecule has 2 aromatic rings. The van der Waals surface area contributed by atoms with E-state index in [-0.39, 0.29) is 13.2 Å². The summed E-state index contributed by atoms with van der Waals surface area (Å²) in [6, 6.07) is 6.42. The maximum atomic E-state index is 9.31. The van der Waals surface area contributed by atoms with Crippen LogP contribution in [0.25, 0.3) is 16.3 Å². The van der Waals surface area contributed by atoms with E-state index in [1.807, 2.05) is 0 Å². The van der Waals surface area contributed by atoms with Crippen molar-refractivity contribution in [1.82, 2.24) is 0 Å². The number of thiazole rings is 1.